The van der Waals surface area contributed by atoms with Crippen LogP contribution in [-0.2, 0) is 0 Å². The number of fused-ring (bicyclic) bond motifs is 1. The molecule has 1 aromatic carbocycles. The highest BCUT2D eigenvalue weighted by atomic mass is 14.7. The summed E-state index contributed by atoms with van der Waals surface area (Å²) in [6.07, 6.45) is 1.78. The number of nitrogens with one attached hydrogen (secondary N) is 1. The second-order valence-electron chi connectivity index (χ2n) is 3.96. The van der Waals surface area contributed by atoms with Crippen molar-refractivity contribution in [3.8, 4) is 0 Å². The number of rotatable bonds is 2. The maximum absolute atomic E-state index is 4.31. The number of H-pyrrole nitrogens is 1. The molecule has 0 bridgehead atoms. The number of benzene rings is 1. The van der Waals surface area contributed by atoms with Gasteiger partial charge in [0.2, 0.25) is 0 Å². The summed E-state index contributed by atoms with van der Waals surface area (Å²) in [6.45, 7) is 4.10. The second-order valence-corrected chi connectivity index (χ2v) is 3.96. The van der Waals surface area contributed by atoms with E-state index in [-0.39, 0.29) is 0 Å². The van der Waals surface area contributed by atoms with Gasteiger partial charge in [0.1, 0.15) is 0 Å². The molecule has 82 valence electrons. The fraction of sp³-hybridized carbons (Fsp3) is 0. The number of aromatic amines is 1. The molecule has 0 fully saturated rings. The first kappa shape index (κ1) is 9.85. The summed E-state index contributed by atoms with van der Waals surface area (Å²) in [5.41, 5.74) is 3.96. The molecule has 1 N–H and O–H groups in total. The largest absolute Gasteiger partial charge is 0.354 e. The summed E-state index contributed by atoms with van der Waals surface area (Å²) in [4.78, 5) is 7.66. The zero-order valence-electron chi connectivity index (χ0n) is 9.35. The van der Waals surface area contributed by atoms with Crippen LogP contribution in [0.2, 0.25) is 0 Å². The van der Waals surface area contributed by atoms with Crippen molar-refractivity contribution in [2.75, 3.05) is 0 Å². The molecule has 3 aromatic rings. The van der Waals surface area contributed by atoms with E-state index < -0.39 is 0 Å². The van der Waals surface area contributed by atoms with E-state index in [1.807, 2.05) is 30.3 Å². The fourth-order valence-electron chi connectivity index (χ4n) is 1.92. The molecule has 0 radical (unpaired) electrons. The lowest BCUT2D eigenvalue weighted by molar-refractivity contribution is 1.26. The molecule has 0 aliphatic rings. The number of hydrogen-bond acceptors (Lipinski definition) is 1. The SMILES string of the molecule is C=C(c1ccccn1)c1cc2ccccc2[nH]1. The zero-order chi connectivity index (χ0) is 11.7. The second kappa shape index (κ2) is 3.91. The molecule has 0 atom stereocenters. The van der Waals surface area contributed by atoms with Crippen LogP contribution in [0.25, 0.3) is 16.5 Å². The van der Waals surface area contributed by atoms with Crippen LogP contribution in [0.15, 0.2) is 61.3 Å². The minimum absolute atomic E-state index is 0.902. The minimum Gasteiger partial charge on any atom is -0.354 e. The topological polar surface area (TPSA) is 28.7 Å². The Morgan fingerprint density at radius 1 is 1.06 bits per heavy atom. The van der Waals surface area contributed by atoms with E-state index in [4.69, 9.17) is 0 Å². The Morgan fingerprint density at radius 2 is 1.88 bits per heavy atom. The lowest BCUT2D eigenvalue weighted by atomic mass is 10.1. The molecule has 3 rings (SSSR count). The molecule has 0 aliphatic heterocycles. The van der Waals surface area contributed by atoms with Crippen LogP contribution in [0.1, 0.15) is 11.4 Å². The third-order valence-corrected chi connectivity index (χ3v) is 2.83. The van der Waals surface area contributed by atoms with Gasteiger partial charge in [-0.1, -0.05) is 30.8 Å². The molecular weight excluding hydrogens is 208 g/mol. The monoisotopic (exact) mass is 220 g/mol. The van der Waals surface area contributed by atoms with Gasteiger partial charge in [-0.2, -0.15) is 0 Å². The van der Waals surface area contributed by atoms with Crippen LogP contribution < -0.4 is 0 Å². The van der Waals surface area contributed by atoms with Crippen LogP contribution in [0.3, 0.4) is 0 Å². The van der Waals surface area contributed by atoms with Gasteiger partial charge in [0, 0.05) is 28.4 Å². The van der Waals surface area contributed by atoms with Gasteiger partial charge in [0.15, 0.2) is 0 Å². The van der Waals surface area contributed by atoms with Gasteiger partial charge in [-0.05, 0) is 24.3 Å². The molecule has 0 unspecified atom stereocenters. The molecule has 2 heterocycles. The average molecular weight is 220 g/mol. The molecule has 0 saturated carbocycles. The van der Waals surface area contributed by atoms with Crippen molar-refractivity contribution in [3.05, 3.63) is 72.7 Å². The third-order valence-electron chi connectivity index (χ3n) is 2.83. The molecule has 2 nitrogen and oxygen atoms in total. The molecular formula is C15H12N2. The number of pyridine rings is 1. The molecule has 0 amide bonds. The Labute approximate surface area is 99.6 Å². The van der Waals surface area contributed by atoms with Crippen molar-refractivity contribution in [1.29, 1.82) is 0 Å². The number of aromatic nitrogens is 2. The predicted molar refractivity (Wildman–Crippen MR) is 70.7 cm³/mol. The van der Waals surface area contributed by atoms with Gasteiger partial charge in [0.05, 0.1) is 5.69 Å². The standard InChI is InChI=1S/C15H12N2/c1-11(13-7-4-5-9-16-13)15-10-12-6-2-3-8-14(12)17-15/h2-10,17H,1H2. The summed E-state index contributed by atoms with van der Waals surface area (Å²) >= 11 is 0. The maximum Gasteiger partial charge on any atom is 0.0716 e. The first-order valence-electron chi connectivity index (χ1n) is 5.53. The van der Waals surface area contributed by atoms with Crippen molar-refractivity contribution in [3.63, 3.8) is 0 Å². The summed E-state index contributed by atoms with van der Waals surface area (Å²) < 4.78 is 0. The summed E-state index contributed by atoms with van der Waals surface area (Å²) in [5.74, 6) is 0. The van der Waals surface area contributed by atoms with Gasteiger partial charge in [0.25, 0.3) is 0 Å². The van der Waals surface area contributed by atoms with E-state index in [0.717, 1.165) is 22.5 Å². The molecule has 0 spiro atoms. The summed E-state index contributed by atoms with van der Waals surface area (Å²) in [7, 11) is 0. The number of para-hydroxylation sites is 1. The molecule has 0 aliphatic carbocycles. The van der Waals surface area contributed by atoms with E-state index in [1.165, 1.54) is 5.39 Å². The zero-order valence-corrected chi connectivity index (χ0v) is 9.35. The molecule has 17 heavy (non-hydrogen) atoms. The van der Waals surface area contributed by atoms with Gasteiger partial charge >= 0.3 is 0 Å². The molecule has 0 saturated heterocycles. The third kappa shape index (κ3) is 1.74. The normalized spacial score (nSPS) is 10.6. The maximum atomic E-state index is 4.31. The van der Waals surface area contributed by atoms with Gasteiger partial charge < -0.3 is 4.98 Å². The Kier molecular flexibility index (Phi) is 2.26. The lowest BCUT2D eigenvalue weighted by Crippen LogP contribution is -1.88. The van der Waals surface area contributed by atoms with Crippen molar-refractivity contribution in [2.45, 2.75) is 0 Å². The van der Waals surface area contributed by atoms with Crippen LogP contribution >= 0.6 is 0 Å². The van der Waals surface area contributed by atoms with Crippen molar-refractivity contribution in [1.82, 2.24) is 9.97 Å². The minimum atomic E-state index is 0.902. The number of nitrogens with zero attached hydrogens (tertiary/aromatic N) is 1. The highest BCUT2D eigenvalue weighted by Gasteiger charge is 2.06. The fourth-order valence-corrected chi connectivity index (χ4v) is 1.92. The van der Waals surface area contributed by atoms with E-state index in [1.54, 1.807) is 6.20 Å². The first-order valence-corrected chi connectivity index (χ1v) is 5.53. The Hall–Kier alpha value is -2.35. The van der Waals surface area contributed by atoms with Gasteiger partial charge in [-0.3, -0.25) is 4.98 Å². The predicted octanol–water partition coefficient (Wildman–Crippen LogP) is 3.62. The highest BCUT2D eigenvalue weighted by molar-refractivity contribution is 5.87. The Morgan fingerprint density at radius 3 is 2.65 bits per heavy atom. The highest BCUT2D eigenvalue weighted by Crippen LogP contribution is 2.23. The quantitative estimate of drug-likeness (QED) is 0.702. The van der Waals surface area contributed by atoms with E-state index in [2.05, 4.69) is 34.7 Å². The average Bonchev–Trinajstić information content (AvgIpc) is 2.82. The van der Waals surface area contributed by atoms with Crippen molar-refractivity contribution >= 4 is 16.5 Å². The molecule has 2 aromatic heterocycles. The molecule has 2 heteroatoms. The smallest absolute Gasteiger partial charge is 0.0716 e. The lowest BCUT2D eigenvalue weighted by Gasteiger charge is -2.01. The number of hydrogen-bond donors (Lipinski definition) is 1. The summed E-state index contributed by atoms with van der Waals surface area (Å²) in [5, 5.41) is 1.19. The van der Waals surface area contributed by atoms with Crippen molar-refractivity contribution < 1.29 is 0 Å². The van der Waals surface area contributed by atoms with Crippen LogP contribution in [-0.4, -0.2) is 9.97 Å². The van der Waals surface area contributed by atoms with Crippen LogP contribution in [0.5, 0.6) is 0 Å². The van der Waals surface area contributed by atoms with Gasteiger partial charge in [-0.25, -0.2) is 0 Å². The first-order chi connectivity index (χ1) is 8.34. The van der Waals surface area contributed by atoms with Crippen LogP contribution in [0, 0.1) is 0 Å². The van der Waals surface area contributed by atoms with E-state index in [9.17, 15) is 0 Å². The van der Waals surface area contributed by atoms with Crippen molar-refractivity contribution in [2.24, 2.45) is 0 Å². The van der Waals surface area contributed by atoms with E-state index in [0.29, 0.717) is 0 Å². The van der Waals surface area contributed by atoms with Crippen LogP contribution in [0.4, 0.5) is 0 Å². The Balaban J connectivity index is 2.07. The van der Waals surface area contributed by atoms with E-state index >= 15 is 0 Å². The van der Waals surface area contributed by atoms with Gasteiger partial charge in [-0.15, -0.1) is 0 Å². The summed E-state index contributed by atoms with van der Waals surface area (Å²) in [6, 6.07) is 16.1. The Bertz CT molecular complexity index is 632.